The van der Waals surface area contributed by atoms with Gasteiger partial charge in [0.15, 0.2) is 4.96 Å². The quantitative estimate of drug-likeness (QED) is 0.712. The summed E-state index contributed by atoms with van der Waals surface area (Å²) in [5.41, 5.74) is 1.18. The predicted molar refractivity (Wildman–Crippen MR) is 99.2 cm³/mol. The normalized spacial score (nSPS) is 10.7. The third kappa shape index (κ3) is 3.23. The Morgan fingerprint density at radius 3 is 2.58 bits per heavy atom. The first-order valence-electron chi connectivity index (χ1n) is 7.98. The number of ether oxygens (including phenoxy) is 1. The lowest BCUT2D eigenvalue weighted by Gasteiger charge is -2.06. The third-order valence-corrected chi connectivity index (χ3v) is 4.99. The molecule has 0 aliphatic carbocycles. The van der Waals surface area contributed by atoms with Crippen LogP contribution in [0.1, 0.15) is 38.2 Å². The molecule has 0 saturated heterocycles. The van der Waals surface area contributed by atoms with Crippen LogP contribution < -0.4 is 10.9 Å². The number of benzene rings is 1. The van der Waals surface area contributed by atoms with Crippen molar-refractivity contribution in [2.45, 2.75) is 20.8 Å². The summed E-state index contributed by atoms with van der Waals surface area (Å²) in [4.78, 5) is 42.5. The van der Waals surface area contributed by atoms with Crippen molar-refractivity contribution >= 4 is 33.9 Å². The van der Waals surface area contributed by atoms with Gasteiger partial charge < -0.3 is 10.1 Å². The van der Waals surface area contributed by atoms with Crippen LogP contribution in [0.3, 0.4) is 0 Å². The van der Waals surface area contributed by atoms with Crippen LogP contribution in [0.4, 0.5) is 5.69 Å². The standard InChI is InChI=1S/C18H17N3O4S/c1-4-25-17(24)12-5-7-13(8-6-12)20-15(22)14-9-19-18-21(16(14)23)10(2)11(3)26-18/h5-9H,4H2,1-3H3,(H,20,22). The van der Waals surface area contributed by atoms with Gasteiger partial charge in [0, 0.05) is 22.5 Å². The van der Waals surface area contributed by atoms with Crippen molar-refractivity contribution in [3.63, 3.8) is 0 Å². The number of carbonyl (C=O) groups is 2. The lowest BCUT2D eigenvalue weighted by atomic mass is 10.2. The summed E-state index contributed by atoms with van der Waals surface area (Å²) in [6.07, 6.45) is 1.29. The topological polar surface area (TPSA) is 89.8 Å². The van der Waals surface area contributed by atoms with E-state index in [0.29, 0.717) is 16.2 Å². The van der Waals surface area contributed by atoms with Crippen molar-refractivity contribution in [3.8, 4) is 0 Å². The van der Waals surface area contributed by atoms with Crippen LogP contribution in [0.25, 0.3) is 4.96 Å². The molecule has 0 atom stereocenters. The molecule has 0 spiro atoms. The van der Waals surface area contributed by atoms with Gasteiger partial charge in [0.25, 0.3) is 11.5 Å². The molecule has 3 rings (SSSR count). The lowest BCUT2D eigenvalue weighted by molar-refractivity contribution is 0.0526. The fourth-order valence-corrected chi connectivity index (χ4v) is 3.36. The van der Waals surface area contributed by atoms with E-state index in [9.17, 15) is 14.4 Å². The number of fused-ring (bicyclic) bond motifs is 1. The van der Waals surface area contributed by atoms with E-state index in [-0.39, 0.29) is 12.2 Å². The number of rotatable bonds is 4. The summed E-state index contributed by atoms with van der Waals surface area (Å²) in [5.74, 6) is -0.981. The summed E-state index contributed by atoms with van der Waals surface area (Å²) in [6.45, 7) is 5.74. The van der Waals surface area contributed by atoms with Crippen molar-refractivity contribution in [1.82, 2.24) is 9.38 Å². The largest absolute Gasteiger partial charge is 0.462 e. The molecule has 134 valence electrons. The van der Waals surface area contributed by atoms with Crippen molar-refractivity contribution in [1.29, 1.82) is 0 Å². The second kappa shape index (κ2) is 7.09. The summed E-state index contributed by atoms with van der Waals surface area (Å²) >= 11 is 1.40. The highest BCUT2D eigenvalue weighted by atomic mass is 32.1. The average molecular weight is 371 g/mol. The summed E-state index contributed by atoms with van der Waals surface area (Å²) in [7, 11) is 0. The van der Waals surface area contributed by atoms with E-state index in [1.54, 1.807) is 31.2 Å². The van der Waals surface area contributed by atoms with E-state index >= 15 is 0 Å². The Morgan fingerprint density at radius 1 is 1.23 bits per heavy atom. The summed E-state index contributed by atoms with van der Waals surface area (Å²) in [5, 5.41) is 2.65. The Kier molecular flexibility index (Phi) is 4.85. The number of amides is 1. The predicted octanol–water partition coefficient (Wildman–Crippen LogP) is 2.80. The Bertz CT molecular complexity index is 1050. The highest BCUT2D eigenvalue weighted by Crippen LogP contribution is 2.18. The minimum Gasteiger partial charge on any atom is -0.462 e. The van der Waals surface area contributed by atoms with E-state index in [0.717, 1.165) is 10.6 Å². The second-order valence-electron chi connectivity index (χ2n) is 5.59. The number of hydrogen-bond donors (Lipinski definition) is 1. The number of nitrogens with one attached hydrogen (secondary N) is 1. The van der Waals surface area contributed by atoms with E-state index in [2.05, 4.69) is 10.3 Å². The molecule has 0 aliphatic rings. The zero-order valence-electron chi connectivity index (χ0n) is 14.5. The van der Waals surface area contributed by atoms with E-state index < -0.39 is 17.4 Å². The minimum absolute atomic E-state index is 0.0436. The third-order valence-electron chi connectivity index (χ3n) is 3.92. The molecular weight excluding hydrogens is 354 g/mol. The number of nitrogens with zero attached hydrogens (tertiary/aromatic N) is 2. The Balaban J connectivity index is 1.85. The van der Waals surface area contributed by atoms with Gasteiger partial charge >= 0.3 is 5.97 Å². The van der Waals surface area contributed by atoms with E-state index in [1.165, 1.54) is 21.9 Å². The Labute approximate surface area is 153 Å². The maximum absolute atomic E-state index is 12.6. The molecule has 1 aromatic carbocycles. The van der Waals surface area contributed by atoms with Crippen LogP contribution in [0.15, 0.2) is 35.3 Å². The van der Waals surface area contributed by atoms with Crippen molar-refractivity contribution in [3.05, 3.63) is 62.5 Å². The SMILES string of the molecule is CCOC(=O)c1ccc(NC(=O)c2cnc3sc(C)c(C)n3c2=O)cc1. The van der Waals surface area contributed by atoms with Crippen LogP contribution in [0.5, 0.6) is 0 Å². The summed E-state index contributed by atoms with van der Waals surface area (Å²) < 4.78 is 6.35. The molecule has 7 nitrogen and oxygen atoms in total. The first kappa shape index (κ1) is 17.8. The van der Waals surface area contributed by atoms with Gasteiger partial charge in [0.05, 0.1) is 12.2 Å². The number of aryl methyl sites for hydroxylation is 2. The fourth-order valence-electron chi connectivity index (χ4n) is 2.43. The molecular formula is C18H17N3O4S. The summed E-state index contributed by atoms with van der Waals surface area (Å²) in [6, 6.07) is 6.25. The smallest absolute Gasteiger partial charge is 0.338 e. The molecule has 2 aromatic heterocycles. The zero-order valence-corrected chi connectivity index (χ0v) is 15.3. The van der Waals surface area contributed by atoms with Crippen molar-refractivity contribution in [2.24, 2.45) is 0 Å². The van der Waals surface area contributed by atoms with E-state index in [4.69, 9.17) is 4.74 Å². The molecule has 0 unspecified atom stereocenters. The molecule has 0 bridgehead atoms. The fraction of sp³-hybridized carbons (Fsp3) is 0.222. The van der Waals surface area contributed by atoms with Gasteiger partial charge in [-0.15, -0.1) is 11.3 Å². The van der Waals surface area contributed by atoms with Crippen molar-refractivity contribution < 1.29 is 14.3 Å². The maximum Gasteiger partial charge on any atom is 0.338 e. The number of esters is 1. The van der Waals surface area contributed by atoms with Gasteiger partial charge in [-0.05, 0) is 45.0 Å². The molecule has 1 N–H and O–H groups in total. The van der Waals surface area contributed by atoms with Gasteiger partial charge in [-0.3, -0.25) is 14.0 Å². The van der Waals surface area contributed by atoms with E-state index in [1.807, 2.05) is 13.8 Å². The minimum atomic E-state index is -0.552. The molecule has 0 aliphatic heterocycles. The molecule has 26 heavy (non-hydrogen) atoms. The molecule has 8 heteroatoms. The number of hydrogen-bond acceptors (Lipinski definition) is 6. The maximum atomic E-state index is 12.6. The lowest BCUT2D eigenvalue weighted by Crippen LogP contribution is -2.26. The second-order valence-corrected chi connectivity index (χ2v) is 6.77. The Morgan fingerprint density at radius 2 is 1.92 bits per heavy atom. The molecule has 0 radical (unpaired) electrons. The molecule has 0 fully saturated rings. The van der Waals surface area contributed by atoms with Crippen LogP contribution in [-0.2, 0) is 4.74 Å². The number of carbonyl (C=O) groups excluding carboxylic acids is 2. The molecule has 0 saturated carbocycles. The monoisotopic (exact) mass is 371 g/mol. The van der Waals surface area contributed by atoms with Gasteiger partial charge in [0.2, 0.25) is 0 Å². The number of thiazole rings is 1. The molecule has 2 heterocycles. The first-order chi connectivity index (χ1) is 12.4. The van der Waals surface area contributed by atoms with Crippen LogP contribution in [0.2, 0.25) is 0 Å². The van der Waals surface area contributed by atoms with Gasteiger partial charge in [-0.2, -0.15) is 0 Å². The number of aromatic nitrogens is 2. The van der Waals surface area contributed by atoms with Gasteiger partial charge in [-0.25, -0.2) is 9.78 Å². The highest BCUT2D eigenvalue weighted by molar-refractivity contribution is 7.17. The van der Waals surface area contributed by atoms with Crippen LogP contribution >= 0.6 is 11.3 Å². The molecule has 3 aromatic rings. The van der Waals surface area contributed by atoms with Crippen LogP contribution in [-0.4, -0.2) is 27.9 Å². The zero-order chi connectivity index (χ0) is 18.8. The highest BCUT2D eigenvalue weighted by Gasteiger charge is 2.17. The van der Waals surface area contributed by atoms with Gasteiger partial charge in [0.1, 0.15) is 5.56 Å². The van der Waals surface area contributed by atoms with Gasteiger partial charge in [-0.1, -0.05) is 0 Å². The average Bonchev–Trinajstić information content (AvgIpc) is 2.91. The first-order valence-corrected chi connectivity index (χ1v) is 8.80. The van der Waals surface area contributed by atoms with Crippen molar-refractivity contribution in [2.75, 3.05) is 11.9 Å². The number of anilines is 1. The van der Waals surface area contributed by atoms with Crippen LogP contribution in [0, 0.1) is 13.8 Å². The molecule has 1 amide bonds. The Hall–Kier alpha value is -3.00.